The average molecular weight is 260 g/mol. The summed E-state index contributed by atoms with van der Waals surface area (Å²) < 4.78 is 0. The summed E-state index contributed by atoms with van der Waals surface area (Å²) in [5.74, 6) is 1.65. The molecule has 2 fully saturated rings. The number of hydrogen-bond donors (Lipinski definition) is 2. The minimum atomic E-state index is -0.0972. The largest absolute Gasteiger partial charge is 0.508 e. The number of aliphatic hydroxyl groups excluding tert-OH is 1. The van der Waals surface area contributed by atoms with E-state index in [2.05, 4.69) is 19.1 Å². The van der Waals surface area contributed by atoms with E-state index in [0.29, 0.717) is 17.6 Å². The Balaban J connectivity index is 1.80. The number of aryl methyl sites for hydroxylation is 1. The molecule has 0 radical (unpaired) electrons. The van der Waals surface area contributed by atoms with Crippen LogP contribution >= 0.6 is 0 Å². The molecule has 1 aromatic carbocycles. The van der Waals surface area contributed by atoms with Crippen LogP contribution in [0.3, 0.4) is 0 Å². The fourth-order valence-corrected chi connectivity index (χ4v) is 4.23. The minimum absolute atomic E-state index is 0.0972. The number of phenolic OH excluding ortho intramolecular Hbond substituents is 1. The van der Waals surface area contributed by atoms with Crippen LogP contribution in [0.5, 0.6) is 5.75 Å². The van der Waals surface area contributed by atoms with E-state index in [1.165, 1.54) is 18.4 Å². The van der Waals surface area contributed by atoms with Crippen molar-refractivity contribution in [1.29, 1.82) is 0 Å². The number of hydrogen-bond acceptors (Lipinski definition) is 2. The summed E-state index contributed by atoms with van der Waals surface area (Å²) in [5, 5.41) is 19.8. The maximum atomic E-state index is 10.2. The Kier molecular flexibility index (Phi) is 3.09. The second-order valence-corrected chi connectivity index (χ2v) is 6.81. The molecule has 2 aliphatic carbocycles. The molecule has 0 bridgehead atoms. The molecule has 0 saturated heterocycles. The zero-order chi connectivity index (χ0) is 13.6. The lowest BCUT2D eigenvalue weighted by atomic mass is 9.64. The molecule has 19 heavy (non-hydrogen) atoms. The van der Waals surface area contributed by atoms with Crippen LogP contribution in [0.2, 0.25) is 0 Å². The van der Waals surface area contributed by atoms with E-state index in [1.54, 1.807) is 0 Å². The summed E-state index contributed by atoms with van der Waals surface area (Å²) in [6.45, 7) is 4.23. The van der Waals surface area contributed by atoms with Gasteiger partial charge in [0, 0.05) is 0 Å². The highest BCUT2D eigenvalue weighted by Crippen LogP contribution is 2.55. The van der Waals surface area contributed by atoms with Crippen LogP contribution in [-0.2, 0) is 0 Å². The number of aliphatic hydroxyl groups is 1. The molecule has 1 aromatic rings. The molecular weight excluding hydrogens is 236 g/mol. The minimum Gasteiger partial charge on any atom is -0.508 e. The van der Waals surface area contributed by atoms with E-state index in [0.717, 1.165) is 24.8 Å². The summed E-state index contributed by atoms with van der Waals surface area (Å²) in [5.41, 5.74) is 2.48. The van der Waals surface area contributed by atoms with Gasteiger partial charge in [-0.1, -0.05) is 19.1 Å². The van der Waals surface area contributed by atoms with Gasteiger partial charge in [0.15, 0.2) is 0 Å². The van der Waals surface area contributed by atoms with Crippen molar-refractivity contribution in [3.8, 4) is 5.75 Å². The Morgan fingerprint density at radius 2 is 2.00 bits per heavy atom. The first-order valence-electron chi connectivity index (χ1n) is 7.48. The van der Waals surface area contributed by atoms with Crippen molar-refractivity contribution < 1.29 is 10.2 Å². The molecule has 0 unspecified atom stereocenters. The van der Waals surface area contributed by atoms with Crippen molar-refractivity contribution in [3.05, 3.63) is 29.3 Å². The van der Waals surface area contributed by atoms with Gasteiger partial charge in [-0.15, -0.1) is 0 Å². The smallest absolute Gasteiger partial charge is 0.118 e. The number of aromatic hydroxyl groups is 1. The SMILES string of the molecule is Cc1cc([C@H]2CC[C@@]3(C)[C@@H](CC[C@@H]3O)C2)ccc1O. The highest BCUT2D eigenvalue weighted by molar-refractivity contribution is 5.36. The van der Waals surface area contributed by atoms with Crippen molar-refractivity contribution >= 4 is 0 Å². The van der Waals surface area contributed by atoms with Crippen LogP contribution in [0, 0.1) is 18.3 Å². The van der Waals surface area contributed by atoms with Crippen LogP contribution in [-0.4, -0.2) is 16.3 Å². The van der Waals surface area contributed by atoms with Gasteiger partial charge in [0.25, 0.3) is 0 Å². The molecule has 2 N–H and O–H groups in total. The molecule has 2 heteroatoms. The van der Waals surface area contributed by atoms with Gasteiger partial charge in [0.2, 0.25) is 0 Å². The standard InChI is InChI=1S/C17H24O2/c1-11-9-12(3-5-15(11)18)13-7-8-17(2)14(10-13)4-6-16(17)19/h3,5,9,13-14,16,18-19H,4,6-8,10H2,1-2H3/t13-,14-,16-,17-/m0/s1. The van der Waals surface area contributed by atoms with E-state index in [4.69, 9.17) is 0 Å². The lowest BCUT2D eigenvalue weighted by Gasteiger charge is -2.42. The van der Waals surface area contributed by atoms with E-state index < -0.39 is 0 Å². The van der Waals surface area contributed by atoms with Crippen LogP contribution in [0.25, 0.3) is 0 Å². The van der Waals surface area contributed by atoms with Crippen molar-refractivity contribution in [2.45, 2.75) is 58.0 Å². The Bertz CT molecular complexity index is 482. The molecule has 4 atom stereocenters. The van der Waals surface area contributed by atoms with Gasteiger partial charge in [-0.25, -0.2) is 0 Å². The molecule has 3 rings (SSSR count). The monoisotopic (exact) mass is 260 g/mol. The van der Waals surface area contributed by atoms with E-state index >= 15 is 0 Å². The molecule has 2 nitrogen and oxygen atoms in total. The summed E-state index contributed by atoms with van der Waals surface area (Å²) in [7, 11) is 0. The van der Waals surface area contributed by atoms with Gasteiger partial charge >= 0.3 is 0 Å². The average Bonchev–Trinajstić information content (AvgIpc) is 2.69. The van der Waals surface area contributed by atoms with Crippen molar-refractivity contribution in [3.63, 3.8) is 0 Å². The second kappa shape index (κ2) is 4.52. The van der Waals surface area contributed by atoms with Crippen molar-refractivity contribution in [2.24, 2.45) is 11.3 Å². The second-order valence-electron chi connectivity index (χ2n) is 6.81. The molecule has 2 aliphatic rings. The van der Waals surface area contributed by atoms with Crippen molar-refractivity contribution in [1.82, 2.24) is 0 Å². The Morgan fingerprint density at radius 1 is 1.21 bits per heavy atom. The first-order valence-corrected chi connectivity index (χ1v) is 7.48. The molecule has 0 heterocycles. The maximum Gasteiger partial charge on any atom is 0.118 e. The first-order chi connectivity index (χ1) is 9.00. The maximum absolute atomic E-state index is 10.2. The Hall–Kier alpha value is -1.02. The summed E-state index contributed by atoms with van der Waals surface area (Å²) in [6.07, 6.45) is 5.53. The number of benzene rings is 1. The molecule has 2 saturated carbocycles. The zero-order valence-electron chi connectivity index (χ0n) is 11.9. The highest BCUT2D eigenvalue weighted by Gasteiger charge is 2.48. The third kappa shape index (κ3) is 2.06. The first kappa shape index (κ1) is 13.0. The third-order valence-electron chi connectivity index (χ3n) is 5.78. The van der Waals surface area contributed by atoms with Gasteiger partial charge < -0.3 is 10.2 Å². The van der Waals surface area contributed by atoms with Crippen LogP contribution in [0.1, 0.15) is 56.1 Å². The predicted octanol–water partition coefficient (Wildman–Crippen LogP) is 3.75. The van der Waals surface area contributed by atoms with E-state index in [1.807, 2.05) is 13.0 Å². The normalized spacial score (nSPS) is 38.2. The molecule has 0 aromatic heterocycles. The van der Waals surface area contributed by atoms with Gasteiger partial charge in [-0.2, -0.15) is 0 Å². The quantitative estimate of drug-likeness (QED) is 0.807. The van der Waals surface area contributed by atoms with Crippen LogP contribution in [0.15, 0.2) is 18.2 Å². The Labute approximate surface area is 115 Å². The predicted molar refractivity (Wildman–Crippen MR) is 76.3 cm³/mol. The van der Waals surface area contributed by atoms with Gasteiger partial charge in [-0.3, -0.25) is 0 Å². The summed E-state index contributed by atoms with van der Waals surface area (Å²) in [6, 6.07) is 6.02. The molecule has 0 amide bonds. The van der Waals surface area contributed by atoms with Crippen LogP contribution in [0.4, 0.5) is 0 Å². The summed E-state index contributed by atoms with van der Waals surface area (Å²) >= 11 is 0. The van der Waals surface area contributed by atoms with Crippen molar-refractivity contribution in [2.75, 3.05) is 0 Å². The molecule has 0 aliphatic heterocycles. The van der Waals surface area contributed by atoms with E-state index in [-0.39, 0.29) is 11.5 Å². The zero-order valence-corrected chi connectivity index (χ0v) is 11.9. The fourth-order valence-electron chi connectivity index (χ4n) is 4.23. The number of fused-ring (bicyclic) bond motifs is 1. The fraction of sp³-hybridized carbons (Fsp3) is 0.647. The summed E-state index contributed by atoms with van der Waals surface area (Å²) in [4.78, 5) is 0. The molecule has 104 valence electrons. The highest BCUT2D eigenvalue weighted by atomic mass is 16.3. The lowest BCUT2D eigenvalue weighted by molar-refractivity contribution is 0.00871. The van der Waals surface area contributed by atoms with E-state index in [9.17, 15) is 10.2 Å². The lowest BCUT2D eigenvalue weighted by Crippen LogP contribution is -2.36. The number of phenols is 1. The molecule has 0 spiro atoms. The van der Waals surface area contributed by atoms with Gasteiger partial charge in [0.1, 0.15) is 5.75 Å². The Morgan fingerprint density at radius 3 is 2.74 bits per heavy atom. The van der Waals surface area contributed by atoms with Gasteiger partial charge in [-0.05, 0) is 73.5 Å². The van der Waals surface area contributed by atoms with Crippen LogP contribution < -0.4 is 0 Å². The third-order valence-corrected chi connectivity index (χ3v) is 5.78. The van der Waals surface area contributed by atoms with Gasteiger partial charge in [0.05, 0.1) is 6.10 Å². The molecular formula is C17H24O2. The topological polar surface area (TPSA) is 40.5 Å². The number of rotatable bonds is 1.